The summed E-state index contributed by atoms with van der Waals surface area (Å²) in [7, 11) is -3.99. The molecule has 0 amide bonds. The molecule has 20 heavy (non-hydrogen) atoms. The van der Waals surface area contributed by atoms with Gasteiger partial charge < -0.3 is 4.74 Å². The molecule has 112 valence electrons. The van der Waals surface area contributed by atoms with Crippen LogP contribution in [0.1, 0.15) is 6.92 Å². The fourth-order valence-electron chi connectivity index (χ4n) is 2.11. The predicted molar refractivity (Wildman–Crippen MR) is 73.2 cm³/mol. The fraction of sp³-hybridized carbons (Fsp3) is 0.500. The maximum absolute atomic E-state index is 13.7. The molecule has 0 bridgehead atoms. The van der Waals surface area contributed by atoms with E-state index < -0.39 is 26.6 Å². The van der Waals surface area contributed by atoms with Crippen molar-refractivity contribution in [2.24, 2.45) is 0 Å². The van der Waals surface area contributed by atoms with Crippen LogP contribution >= 0.6 is 15.9 Å². The second-order valence-corrected chi connectivity index (χ2v) is 7.17. The number of alkyl halides is 1. The zero-order chi connectivity index (χ0) is 14.9. The highest BCUT2D eigenvalue weighted by molar-refractivity contribution is 9.09. The number of rotatable bonds is 3. The minimum absolute atomic E-state index is 0.134. The summed E-state index contributed by atoms with van der Waals surface area (Å²) in [5, 5.41) is 0.481. The number of hydrogen-bond acceptors (Lipinski definition) is 3. The van der Waals surface area contributed by atoms with E-state index in [0.29, 0.717) is 11.4 Å². The van der Waals surface area contributed by atoms with Crippen LogP contribution in [0.25, 0.3) is 0 Å². The van der Waals surface area contributed by atoms with Gasteiger partial charge in [-0.05, 0) is 19.1 Å². The number of ether oxygens (including phenoxy) is 1. The summed E-state index contributed by atoms with van der Waals surface area (Å²) in [5.74, 6) is -1.89. The molecule has 4 nitrogen and oxygen atoms in total. The van der Waals surface area contributed by atoms with Gasteiger partial charge in [0.1, 0.15) is 16.5 Å². The highest BCUT2D eigenvalue weighted by atomic mass is 79.9. The summed E-state index contributed by atoms with van der Waals surface area (Å²) in [4.78, 5) is -0.513. The Balaban J connectivity index is 2.34. The van der Waals surface area contributed by atoms with Gasteiger partial charge in [0.25, 0.3) is 0 Å². The molecule has 1 aliphatic heterocycles. The fourth-order valence-corrected chi connectivity index (χ4v) is 4.06. The first-order valence-corrected chi connectivity index (χ1v) is 8.57. The second kappa shape index (κ2) is 6.05. The van der Waals surface area contributed by atoms with Crippen LogP contribution in [0.4, 0.5) is 8.78 Å². The van der Waals surface area contributed by atoms with Gasteiger partial charge in [-0.3, -0.25) is 0 Å². The molecule has 2 rings (SSSR count). The molecule has 8 heteroatoms. The minimum atomic E-state index is -3.99. The van der Waals surface area contributed by atoms with Crippen molar-refractivity contribution < 1.29 is 21.9 Å². The van der Waals surface area contributed by atoms with Crippen LogP contribution in [-0.2, 0) is 14.8 Å². The van der Waals surface area contributed by atoms with E-state index in [0.717, 1.165) is 12.1 Å². The van der Waals surface area contributed by atoms with Crippen LogP contribution < -0.4 is 0 Å². The van der Waals surface area contributed by atoms with E-state index in [1.165, 1.54) is 4.31 Å². The molecular weight excluding hydrogens is 356 g/mol. The Hall–Kier alpha value is -0.570. The van der Waals surface area contributed by atoms with Gasteiger partial charge in [0, 0.05) is 24.5 Å². The lowest BCUT2D eigenvalue weighted by Crippen LogP contribution is -2.49. The molecule has 0 saturated carbocycles. The predicted octanol–water partition coefficient (Wildman–Crippen LogP) is 2.14. The van der Waals surface area contributed by atoms with Crippen molar-refractivity contribution >= 4 is 26.0 Å². The molecule has 0 radical (unpaired) electrons. The van der Waals surface area contributed by atoms with E-state index >= 15 is 0 Å². The SMILES string of the molecule is CC1CN(S(=O)(=O)c2ccc(F)cc2F)CC(CBr)O1. The van der Waals surface area contributed by atoms with Gasteiger partial charge in [0.05, 0.1) is 12.2 Å². The monoisotopic (exact) mass is 369 g/mol. The van der Waals surface area contributed by atoms with Crippen molar-refractivity contribution in [2.45, 2.75) is 24.0 Å². The molecule has 1 aromatic rings. The van der Waals surface area contributed by atoms with Gasteiger partial charge in [0.2, 0.25) is 10.0 Å². The van der Waals surface area contributed by atoms with Gasteiger partial charge in [-0.25, -0.2) is 17.2 Å². The number of sulfonamides is 1. The van der Waals surface area contributed by atoms with Crippen molar-refractivity contribution in [3.63, 3.8) is 0 Å². The first-order valence-electron chi connectivity index (χ1n) is 6.01. The van der Waals surface area contributed by atoms with E-state index in [2.05, 4.69) is 15.9 Å². The molecule has 0 aliphatic carbocycles. The van der Waals surface area contributed by atoms with Crippen LogP contribution in [0, 0.1) is 11.6 Å². The first-order chi connectivity index (χ1) is 9.34. The van der Waals surface area contributed by atoms with Crippen LogP contribution in [0.5, 0.6) is 0 Å². The number of benzene rings is 1. The Kier molecular flexibility index (Phi) is 4.78. The van der Waals surface area contributed by atoms with Crippen LogP contribution in [0.3, 0.4) is 0 Å². The lowest BCUT2D eigenvalue weighted by atomic mass is 10.3. The van der Waals surface area contributed by atoms with Crippen molar-refractivity contribution in [1.29, 1.82) is 0 Å². The van der Waals surface area contributed by atoms with Crippen LogP contribution in [-0.4, -0.2) is 43.4 Å². The zero-order valence-electron chi connectivity index (χ0n) is 10.7. The van der Waals surface area contributed by atoms with E-state index in [-0.39, 0.29) is 25.3 Å². The Morgan fingerprint density at radius 1 is 1.40 bits per heavy atom. The Bertz CT molecular complexity index is 596. The molecule has 2 atom stereocenters. The Morgan fingerprint density at radius 3 is 2.70 bits per heavy atom. The van der Waals surface area contributed by atoms with Gasteiger partial charge >= 0.3 is 0 Å². The summed E-state index contributed by atoms with van der Waals surface area (Å²) >= 11 is 3.24. The van der Waals surface area contributed by atoms with E-state index in [1.54, 1.807) is 6.92 Å². The number of halogens is 3. The third-order valence-corrected chi connectivity index (χ3v) is 5.56. The van der Waals surface area contributed by atoms with E-state index in [1.807, 2.05) is 0 Å². The van der Waals surface area contributed by atoms with E-state index in [9.17, 15) is 17.2 Å². The summed E-state index contributed by atoms with van der Waals surface area (Å²) in [6.45, 7) is 2.02. The summed E-state index contributed by atoms with van der Waals surface area (Å²) in [6, 6.07) is 2.45. The van der Waals surface area contributed by atoms with Crippen molar-refractivity contribution in [1.82, 2.24) is 4.31 Å². The first kappa shape index (κ1) is 15.8. The average Bonchev–Trinajstić information content (AvgIpc) is 2.37. The zero-order valence-corrected chi connectivity index (χ0v) is 13.1. The third kappa shape index (κ3) is 3.19. The van der Waals surface area contributed by atoms with Crippen molar-refractivity contribution in [2.75, 3.05) is 18.4 Å². The molecule has 2 unspecified atom stereocenters. The average molecular weight is 370 g/mol. The minimum Gasteiger partial charge on any atom is -0.372 e. The highest BCUT2D eigenvalue weighted by Crippen LogP contribution is 2.24. The van der Waals surface area contributed by atoms with Gasteiger partial charge in [-0.15, -0.1) is 0 Å². The molecule has 0 aromatic heterocycles. The topological polar surface area (TPSA) is 46.6 Å². The van der Waals surface area contributed by atoms with Gasteiger partial charge in [0.15, 0.2) is 0 Å². The molecule has 1 saturated heterocycles. The van der Waals surface area contributed by atoms with Crippen molar-refractivity contribution in [3.05, 3.63) is 29.8 Å². The van der Waals surface area contributed by atoms with Gasteiger partial charge in [-0.1, -0.05) is 15.9 Å². The molecule has 1 fully saturated rings. The van der Waals surface area contributed by atoms with Gasteiger partial charge in [-0.2, -0.15) is 4.31 Å². The third-order valence-electron chi connectivity index (χ3n) is 2.98. The smallest absolute Gasteiger partial charge is 0.246 e. The molecule has 0 N–H and O–H groups in total. The lowest BCUT2D eigenvalue weighted by molar-refractivity contribution is -0.0411. The van der Waals surface area contributed by atoms with Crippen molar-refractivity contribution in [3.8, 4) is 0 Å². The quantitative estimate of drug-likeness (QED) is 0.766. The van der Waals surface area contributed by atoms with E-state index in [4.69, 9.17) is 4.74 Å². The lowest BCUT2D eigenvalue weighted by Gasteiger charge is -2.35. The summed E-state index contributed by atoms with van der Waals surface area (Å²) in [5.41, 5.74) is 0. The number of nitrogens with zero attached hydrogens (tertiary/aromatic N) is 1. The molecule has 1 aliphatic rings. The highest BCUT2D eigenvalue weighted by Gasteiger charge is 2.34. The molecular formula is C12H14BrF2NO3S. The molecule has 0 spiro atoms. The standard InChI is InChI=1S/C12H14BrF2NO3S/c1-8-6-16(7-10(5-13)19-8)20(17,18)12-3-2-9(14)4-11(12)15/h2-4,8,10H,5-7H2,1H3. The maximum atomic E-state index is 13.7. The number of hydrogen-bond donors (Lipinski definition) is 0. The summed E-state index contributed by atoms with van der Waals surface area (Å²) < 4.78 is 58.1. The van der Waals surface area contributed by atoms with Crippen LogP contribution in [0.2, 0.25) is 0 Å². The Morgan fingerprint density at radius 2 is 2.10 bits per heavy atom. The Labute approximate surface area is 124 Å². The molecule has 1 heterocycles. The molecule has 1 aromatic carbocycles. The second-order valence-electron chi connectivity index (χ2n) is 4.62. The maximum Gasteiger partial charge on any atom is 0.246 e. The summed E-state index contributed by atoms with van der Waals surface area (Å²) in [6.07, 6.45) is -0.582. The normalized spacial score (nSPS) is 24.8. The number of morpholine rings is 1. The largest absolute Gasteiger partial charge is 0.372 e. The van der Waals surface area contributed by atoms with Crippen LogP contribution in [0.15, 0.2) is 23.1 Å².